The third-order valence-electron chi connectivity index (χ3n) is 2.33. The van der Waals surface area contributed by atoms with Gasteiger partial charge in [-0.3, -0.25) is 0 Å². The lowest BCUT2D eigenvalue weighted by molar-refractivity contribution is 1.09. The van der Waals surface area contributed by atoms with Gasteiger partial charge in [-0.25, -0.2) is 0 Å². The van der Waals surface area contributed by atoms with Crippen molar-refractivity contribution < 1.29 is 0 Å². The van der Waals surface area contributed by atoms with Crippen molar-refractivity contribution in [3.63, 3.8) is 0 Å². The van der Waals surface area contributed by atoms with Gasteiger partial charge in [0.05, 0.1) is 0 Å². The highest BCUT2D eigenvalue weighted by Crippen LogP contribution is 2.15. The maximum Gasteiger partial charge on any atom is -0.0305 e. The molecular weight excluding hydrogens is 180 g/mol. The van der Waals surface area contributed by atoms with E-state index in [9.17, 15) is 0 Å². The zero-order valence-electron chi connectivity index (χ0n) is 11.9. The zero-order valence-corrected chi connectivity index (χ0v) is 11.9. The second kappa shape index (κ2) is 9.76. The minimum absolute atomic E-state index is 1.15. The smallest absolute Gasteiger partial charge is 0.0305 e. The first kappa shape index (κ1) is 16.6. The summed E-state index contributed by atoms with van der Waals surface area (Å²) in [5.74, 6) is 0. The molecule has 0 atom stereocenters. The molecule has 1 aromatic rings. The Bertz CT molecular complexity index is 259. The summed E-state index contributed by atoms with van der Waals surface area (Å²) in [5, 5.41) is 0. The molecule has 0 saturated carbocycles. The highest BCUT2D eigenvalue weighted by Gasteiger charge is 1.98. The van der Waals surface area contributed by atoms with Gasteiger partial charge in [-0.15, -0.1) is 0 Å². The van der Waals surface area contributed by atoms with Crippen molar-refractivity contribution in [3.8, 4) is 0 Å². The molecule has 0 spiro atoms. The largest absolute Gasteiger partial charge is 0.0683 e. The number of aryl methyl sites for hydroxylation is 4. The Hall–Kier alpha value is -0.780. The van der Waals surface area contributed by atoms with E-state index in [0.717, 1.165) is 6.42 Å². The van der Waals surface area contributed by atoms with Gasteiger partial charge in [-0.05, 0) is 49.4 Å². The maximum atomic E-state index is 2.30. The van der Waals surface area contributed by atoms with Crippen molar-refractivity contribution in [2.45, 2.75) is 61.8 Å². The summed E-state index contributed by atoms with van der Waals surface area (Å²) in [5.41, 5.74) is 5.72. The van der Waals surface area contributed by atoms with Gasteiger partial charge < -0.3 is 0 Å². The molecule has 1 aromatic carbocycles. The number of rotatable bonds is 1. The van der Waals surface area contributed by atoms with E-state index in [0.29, 0.717) is 0 Å². The molecule has 0 bridgehead atoms. The molecule has 0 amide bonds. The molecule has 15 heavy (non-hydrogen) atoms. The van der Waals surface area contributed by atoms with Crippen molar-refractivity contribution in [2.75, 3.05) is 0 Å². The molecule has 0 heteroatoms. The zero-order chi connectivity index (χ0) is 12.4. The van der Waals surface area contributed by atoms with E-state index in [2.05, 4.69) is 39.8 Å². The van der Waals surface area contributed by atoms with Gasteiger partial charge in [-0.2, -0.15) is 0 Å². The molecule has 0 aromatic heterocycles. The van der Waals surface area contributed by atoms with Gasteiger partial charge in [0, 0.05) is 0 Å². The third-order valence-corrected chi connectivity index (χ3v) is 2.33. The molecule has 0 N–H and O–H groups in total. The predicted octanol–water partition coefficient (Wildman–Crippen LogP) is 5.23. The number of hydrogen-bond donors (Lipinski definition) is 0. The second-order valence-electron chi connectivity index (χ2n) is 3.22. The van der Waals surface area contributed by atoms with Gasteiger partial charge in [0.15, 0.2) is 0 Å². The summed E-state index contributed by atoms with van der Waals surface area (Å²) in [4.78, 5) is 0. The quantitative estimate of drug-likeness (QED) is 0.593. The van der Waals surface area contributed by atoms with Crippen LogP contribution in [-0.2, 0) is 6.42 Å². The molecule has 0 fully saturated rings. The molecule has 0 heterocycles. The van der Waals surface area contributed by atoms with Crippen LogP contribution in [0.1, 0.15) is 56.9 Å². The van der Waals surface area contributed by atoms with Crippen LogP contribution in [0.15, 0.2) is 12.1 Å². The Morgan fingerprint density at radius 3 is 1.53 bits per heavy atom. The van der Waals surface area contributed by atoms with Crippen molar-refractivity contribution in [1.82, 2.24) is 0 Å². The summed E-state index contributed by atoms with van der Waals surface area (Å²) >= 11 is 0. The summed E-state index contributed by atoms with van der Waals surface area (Å²) < 4.78 is 0. The fourth-order valence-corrected chi connectivity index (χ4v) is 1.40. The average molecular weight is 208 g/mol. The van der Waals surface area contributed by atoms with Gasteiger partial charge >= 0.3 is 0 Å². The van der Waals surface area contributed by atoms with Crippen molar-refractivity contribution in [2.24, 2.45) is 0 Å². The lowest BCUT2D eigenvalue weighted by Gasteiger charge is -2.06. The van der Waals surface area contributed by atoms with Crippen molar-refractivity contribution >= 4 is 0 Å². The lowest BCUT2D eigenvalue weighted by atomic mass is 9.99. The van der Waals surface area contributed by atoms with Crippen LogP contribution in [0.4, 0.5) is 0 Å². The van der Waals surface area contributed by atoms with Crippen LogP contribution in [0.5, 0.6) is 0 Å². The van der Waals surface area contributed by atoms with Gasteiger partial charge in [0.1, 0.15) is 0 Å². The Morgan fingerprint density at radius 2 is 1.13 bits per heavy atom. The van der Waals surface area contributed by atoms with Gasteiger partial charge in [-0.1, -0.05) is 46.8 Å². The minimum atomic E-state index is 1.15. The Morgan fingerprint density at radius 1 is 0.733 bits per heavy atom. The number of benzene rings is 1. The predicted molar refractivity (Wildman–Crippen MR) is 72.7 cm³/mol. The fraction of sp³-hybridized carbons (Fsp3) is 0.600. The molecule has 0 radical (unpaired) electrons. The molecule has 0 aliphatic rings. The molecule has 0 unspecified atom stereocenters. The topological polar surface area (TPSA) is 0 Å². The van der Waals surface area contributed by atoms with Crippen molar-refractivity contribution in [1.29, 1.82) is 0 Å². The van der Waals surface area contributed by atoms with E-state index in [4.69, 9.17) is 0 Å². The summed E-state index contributed by atoms with van der Waals surface area (Å²) in [6.45, 7) is 16.7. The van der Waals surface area contributed by atoms with Crippen LogP contribution in [0.25, 0.3) is 0 Å². The first-order valence-electron chi connectivity index (χ1n) is 6.22. The monoisotopic (exact) mass is 208 g/mol. The average Bonchev–Trinajstić information content (AvgIpc) is 2.29. The highest BCUT2D eigenvalue weighted by atomic mass is 14.0. The molecular formula is C15H28. The molecule has 0 aliphatic carbocycles. The van der Waals surface area contributed by atoms with Gasteiger partial charge in [0.2, 0.25) is 0 Å². The van der Waals surface area contributed by atoms with Crippen LogP contribution < -0.4 is 0 Å². The standard InChI is InChI=1S/C11H16.2C2H6/c1-5-11-7-9(3)8(2)6-10(11)4;2*1-2/h6-7H,5H2,1-4H3;2*1-2H3. The highest BCUT2D eigenvalue weighted by molar-refractivity contribution is 5.36. The maximum absolute atomic E-state index is 2.30. The van der Waals surface area contributed by atoms with E-state index in [1.54, 1.807) is 0 Å². The van der Waals surface area contributed by atoms with Crippen LogP contribution in [-0.4, -0.2) is 0 Å². The molecule has 1 rings (SSSR count). The van der Waals surface area contributed by atoms with Crippen LogP contribution >= 0.6 is 0 Å². The first-order valence-corrected chi connectivity index (χ1v) is 6.22. The Kier molecular flexibility index (Phi) is 10.8. The molecule has 0 saturated heterocycles. The molecule has 88 valence electrons. The lowest BCUT2D eigenvalue weighted by Crippen LogP contribution is -1.90. The molecule has 0 nitrogen and oxygen atoms in total. The van der Waals surface area contributed by atoms with E-state index in [-0.39, 0.29) is 0 Å². The minimum Gasteiger partial charge on any atom is -0.0683 e. The van der Waals surface area contributed by atoms with Crippen molar-refractivity contribution in [3.05, 3.63) is 34.4 Å². The Balaban J connectivity index is 0. The normalized spacial score (nSPS) is 8.27. The summed E-state index contributed by atoms with van der Waals surface area (Å²) in [7, 11) is 0. The Labute approximate surface area is 96.7 Å². The SMILES string of the molecule is CC.CC.CCc1cc(C)c(C)cc1C. The first-order chi connectivity index (χ1) is 7.15. The van der Waals surface area contributed by atoms with Gasteiger partial charge in [0.25, 0.3) is 0 Å². The van der Waals surface area contributed by atoms with E-state index in [1.165, 1.54) is 22.3 Å². The van der Waals surface area contributed by atoms with E-state index >= 15 is 0 Å². The van der Waals surface area contributed by atoms with E-state index < -0.39 is 0 Å². The van der Waals surface area contributed by atoms with Crippen LogP contribution in [0, 0.1) is 20.8 Å². The third kappa shape index (κ3) is 5.61. The van der Waals surface area contributed by atoms with Crippen LogP contribution in [0.3, 0.4) is 0 Å². The number of hydrogen-bond acceptors (Lipinski definition) is 0. The summed E-state index contributed by atoms with van der Waals surface area (Å²) in [6.07, 6.45) is 1.15. The van der Waals surface area contributed by atoms with E-state index in [1.807, 2.05) is 27.7 Å². The fourth-order valence-electron chi connectivity index (χ4n) is 1.40. The summed E-state index contributed by atoms with van der Waals surface area (Å²) in [6, 6.07) is 4.57. The molecule has 0 aliphatic heterocycles. The second-order valence-corrected chi connectivity index (χ2v) is 3.22. The van der Waals surface area contributed by atoms with Crippen LogP contribution in [0.2, 0.25) is 0 Å².